The van der Waals surface area contributed by atoms with Crippen molar-refractivity contribution >= 4 is 5.57 Å². The molecular formula is C20H28N2. The van der Waals surface area contributed by atoms with E-state index in [-0.39, 0.29) is 0 Å². The van der Waals surface area contributed by atoms with E-state index in [2.05, 4.69) is 56.7 Å². The fourth-order valence-electron chi connectivity index (χ4n) is 3.06. The number of rotatable bonds is 7. The van der Waals surface area contributed by atoms with Gasteiger partial charge in [0, 0.05) is 6.54 Å². The standard InChI is InChI=1S/C20H28N2/c1-6-10-19-20(16(4)13-15(2)3)22(17(5)21-19)14-18-11-8-7-9-12-18/h7-8,11H,2,4,6,9-10,12-14H2,1,3,5H3. The van der Waals surface area contributed by atoms with Gasteiger partial charge in [0.05, 0.1) is 11.4 Å². The van der Waals surface area contributed by atoms with Crippen LogP contribution in [0.2, 0.25) is 0 Å². The van der Waals surface area contributed by atoms with Gasteiger partial charge < -0.3 is 4.57 Å². The van der Waals surface area contributed by atoms with Crippen molar-refractivity contribution in [3.8, 4) is 0 Å². The van der Waals surface area contributed by atoms with Gasteiger partial charge >= 0.3 is 0 Å². The van der Waals surface area contributed by atoms with Crippen LogP contribution in [0.4, 0.5) is 0 Å². The van der Waals surface area contributed by atoms with Crippen molar-refractivity contribution in [3.63, 3.8) is 0 Å². The lowest BCUT2D eigenvalue weighted by molar-refractivity contribution is 0.704. The van der Waals surface area contributed by atoms with E-state index in [1.165, 1.54) is 17.0 Å². The smallest absolute Gasteiger partial charge is 0.106 e. The topological polar surface area (TPSA) is 17.8 Å². The molecule has 1 aromatic heterocycles. The lowest BCUT2D eigenvalue weighted by atomic mass is 10.0. The van der Waals surface area contributed by atoms with Gasteiger partial charge in [0.15, 0.2) is 0 Å². The third-order valence-corrected chi connectivity index (χ3v) is 4.03. The maximum Gasteiger partial charge on any atom is 0.106 e. The molecule has 0 unspecified atom stereocenters. The molecule has 1 aliphatic rings. The fourth-order valence-corrected chi connectivity index (χ4v) is 3.06. The van der Waals surface area contributed by atoms with Crippen LogP contribution in [0, 0.1) is 6.92 Å². The molecule has 0 N–H and O–H groups in total. The third-order valence-electron chi connectivity index (χ3n) is 4.03. The molecule has 22 heavy (non-hydrogen) atoms. The summed E-state index contributed by atoms with van der Waals surface area (Å²) in [5.41, 5.74) is 6.19. The van der Waals surface area contributed by atoms with Crippen LogP contribution >= 0.6 is 0 Å². The van der Waals surface area contributed by atoms with E-state index in [4.69, 9.17) is 4.98 Å². The average molecular weight is 296 g/mol. The summed E-state index contributed by atoms with van der Waals surface area (Å²) in [7, 11) is 0. The number of imidazole rings is 1. The maximum atomic E-state index is 4.82. The molecule has 1 heterocycles. The molecule has 0 saturated carbocycles. The Hall–Kier alpha value is -1.83. The lowest BCUT2D eigenvalue weighted by Crippen LogP contribution is -2.09. The molecule has 118 valence electrons. The highest BCUT2D eigenvalue weighted by molar-refractivity contribution is 5.65. The first-order valence-electron chi connectivity index (χ1n) is 8.26. The third kappa shape index (κ3) is 3.88. The molecule has 0 bridgehead atoms. The molecule has 2 nitrogen and oxygen atoms in total. The molecule has 2 heteroatoms. The van der Waals surface area contributed by atoms with E-state index in [1.807, 2.05) is 0 Å². The predicted molar refractivity (Wildman–Crippen MR) is 95.9 cm³/mol. The van der Waals surface area contributed by atoms with Gasteiger partial charge in [0.2, 0.25) is 0 Å². The Labute approximate surface area is 135 Å². The van der Waals surface area contributed by atoms with E-state index in [1.54, 1.807) is 0 Å². The van der Waals surface area contributed by atoms with Gasteiger partial charge in [0.1, 0.15) is 5.82 Å². The normalized spacial score (nSPS) is 14.0. The van der Waals surface area contributed by atoms with Crippen molar-refractivity contribution in [1.29, 1.82) is 0 Å². The summed E-state index contributed by atoms with van der Waals surface area (Å²) >= 11 is 0. The van der Waals surface area contributed by atoms with E-state index < -0.39 is 0 Å². The lowest BCUT2D eigenvalue weighted by Gasteiger charge is -2.16. The largest absolute Gasteiger partial charge is 0.324 e. The molecule has 0 saturated heterocycles. The van der Waals surface area contributed by atoms with Crippen molar-refractivity contribution in [2.75, 3.05) is 0 Å². The molecule has 0 amide bonds. The van der Waals surface area contributed by atoms with E-state index in [0.717, 1.165) is 55.6 Å². The summed E-state index contributed by atoms with van der Waals surface area (Å²) in [6.45, 7) is 15.7. The number of aromatic nitrogens is 2. The molecule has 1 aliphatic carbocycles. The minimum absolute atomic E-state index is 0.848. The molecular weight excluding hydrogens is 268 g/mol. The minimum Gasteiger partial charge on any atom is -0.324 e. The van der Waals surface area contributed by atoms with Crippen LogP contribution in [0.25, 0.3) is 5.57 Å². The van der Waals surface area contributed by atoms with Crippen molar-refractivity contribution in [3.05, 3.63) is 59.7 Å². The van der Waals surface area contributed by atoms with Crippen LogP contribution in [0.1, 0.15) is 56.7 Å². The summed E-state index contributed by atoms with van der Waals surface area (Å²) in [5.74, 6) is 1.09. The van der Waals surface area contributed by atoms with Gasteiger partial charge in [-0.2, -0.15) is 0 Å². The Kier molecular flexibility index (Phi) is 5.59. The maximum absolute atomic E-state index is 4.82. The van der Waals surface area contributed by atoms with Gasteiger partial charge in [-0.05, 0) is 45.1 Å². The second-order valence-electron chi connectivity index (χ2n) is 6.32. The molecule has 0 fully saturated rings. The Morgan fingerprint density at radius 2 is 2.14 bits per heavy atom. The summed E-state index contributed by atoms with van der Waals surface area (Å²) in [4.78, 5) is 4.82. The monoisotopic (exact) mass is 296 g/mol. The first-order valence-corrected chi connectivity index (χ1v) is 8.26. The Bertz CT molecular complexity index is 626. The van der Waals surface area contributed by atoms with Crippen LogP contribution < -0.4 is 0 Å². The van der Waals surface area contributed by atoms with Crippen LogP contribution in [0.3, 0.4) is 0 Å². The summed E-state index contributed by atoms with van der Waals surface area (Å²) < 4.78 is 2.35. The SMILES string of the molecule is C=C(C)CC(=C)c1c(CCC)nc(C)n1CC1=CC=CCC1. The van der Waals surface area contributed by atoms with Gasteiger partial charge in [0.25, 0.3) is 0 Å². The Morgan fingerprint density at radius 1 is 1.36 bits per heavy atom. The number of allylic oxidation sites excluding steroid dienone is 6. The second-order valence-corrected chi connectivity index (χ2v) is 6.32. The van der Waals surface area contributed by atoms with E-state index in [0.29, 0.717) is 0 Å². The highest BCUT2D eigenvalue weighted by atomic mass is 15.1. The van der Waals surface area contributed by atoms with Gasteiger partial charge in [-0.25, -0.2) is 4.98 Å². The highest BCUT2D eigenvalue weighted by Gasteiger charge is 2.17. The fraction of sp³-hybridized carbons (Fsp3) is 0.450. The molecule has 0 aromatic carbocycles. The molecule has 0 radical (unpaired) electrons. The first-order chi connectivity index (χ1) is 10.5. The summed E-state index contributed by atoms with van der Waals surface area (Å²) in [6.07, 6.45) is 11.9. The van der Waals surface area contributed by atoms with Crippen LogP contribution in [0.15, 0.2) is 42.5 Å². The zero-order valence-electron chi connectivity index (χ0n) is 14.3. The van der Waals surface area contributed by atoms with E-state index >= 15 is 0 Å². The second kappa shape index (κ2) is 7.44. The molecule has 2 rings (SSSR count). The van der Waals surface area contributed by atoms with Crippen LogP contribution in [-0.2, 0) is 13.0 Å². The Balaban J connectivity index is 2.37. The molecule has 0 aliphatic heterocycles. The van der Waals surface area contributed by atoms with Gasteiger partial charge in [-0.3, -0.25) is 0 Å². The summed E-state index contributed by atoms with van der Waals surface area (Å²) in [5, 5.41) is 0. The number of hydrogen-bond donors (Lipinski definition) is 0. The summed E-state index contributed by atoms with van der Waals surface area (Å²) in [6, 6.07) is 0. The van der Waals surface area contributed by atoms with Crippen LogP contribution in [0.5, 0.6) is 0 Å². The highest BCUT2D eigenvalue weighted by Crippen LogP contribution is 2.27. The number of aryl methyl sites for hydroxylation is 2. The van der Waals surface area contributed by atoms with Crippen molar-refractivity contribution in [2.45, 2.75) is 59.4 Å². The molecule has 1 aromatic rings. The van der Waals surface area contributed by atoms with Gasteiger partial charge in [-0.15, -0.1) is 0 Å². The van der Waals surface area contributed by atoms with Crippen molar-refractivity contribution in [1.82, 2.24) is 9.55 Å². The quantitative estimate of drug-likeness (QED) is 0.616. The number of hydrogen-bond acceptors (Lipinski definition) is 1. The average Bonchev–Trinajstić information content (AvgIpc) is 2.76. The molecule has 0 spiro atoms. The van der Waals surface area contributed by atoms with Crippen molar-refractivity contribution in [2.24, 2.45) is 0 Å². The Morgan fingerprint density at radius 3 is 2.73 bits per heavy atom. The minimum atomic E-state index is 0.848. The predicted octanol–water partition coefficient (Wildman–Crippen LogP) is 5.40. The van der Waals surface area contributed by atoms with Crippen LogP contribution in [-0.4, -0.2) is 9.55 Å². The number of nitrogens with zero attached hydrogens (tertiary/aromatic N) is 2. The first kappa shape index (κ1) is 16.5. The van der Waals surface area contributed by atoms with Crippen molar-refractivity contribution < 1.29 is 0 Å². The van der Waals surface area contributed by atoms with Gasteiger partial charge in [-0.1, -0.05) is 55.9 Å². The molecule has 0 atom stereocenters. The zero-order valence-corrected chi connectivity index (χ0v) is 14.3. The zero-order chi connectivity index (χ0) is 16.1. The van der Waals surface area contributed by atoms with E-state index in [9.17, 15) is 0 Å².